The van der Waals surface area contributed by atoms with Crippen molar-refractivity contribution in [3.05, 3.63) is 23.8 Å². The Morgan fingerprint density at radius 1 is 1.58 bits per heavy atom. The number of nitrogens with one attached hydrogen (secondary N) is 2. The molecule has 1 aliphatic heterocycles. The first kappa shape index (κ1) is 13.2. The molecule has 19 heavy (non-hydrogen) atoms. The SMILES string of the molecule is CCOC(=O)c1cc(NC2CNC(=O)C2)ccc1N. The van der Waals surface area contributed by atoms with E-state index >= 15 is 0 Å². The Balaban J connectivity index is 2.11. The van der Waals surface area contributed by atoms with Gasteiger partial charge in [0.05, 0.1) is 18.2 Å². The molecule has 0 aliphatic carbocycles. The number of nitrogens with two attached hydrogens (primary N) is 1. The van der Waals surface area contributed by atoms with Gasteiger partial charge >= 0.3 is 5.97 Å². The molecule has 0 spiro atoms. The maximum absolute atomic E-state index is 11.7. The molecule has 1 aliphatic rings. The molecule has 1 aromatic rings. The second kappa shape index (κ2) is 5.60. The first-order valence-electron chi connectivity index (χ1n) is 6.20. The number of amides is 1. The van der Waals surface area contributed by atoms with Gasteiger partial charge in [0.25, 0.3) is 0 Å². The molecule has 1 atom stereocenters. The zero-order valence-corrected chi connectivity index (χ0v) is 10.7. The lowest BCUT2D eigenvalue weighted by atomic mass is 10.1. The van der Waals surface area contributed by atoms with Crippen molar-refractivity contribution in [2.75, 3.05) is 24.2 Å². The molecule has 1 heterocycles. The Bertz CT molecular complexity index is 502. The molecular weight excluding hydrogens is 246 g/mol. The van der Waals surface area contributed by atoms with E-state index in [-0.39, 0.29) is 11.9 Å². The number of ether oxygens (including phenoxy) is 1. The van der Waals surface area contributed by atoms with Gasteiger partial charge in [-0.2, -0.15) is 0 Å². The maximum Gasteiger partial charge on any atom is 0.340 e. The van der Waals surface area contributed by atoms with E-state index < -0.39 is 5.97 Å². The van der Waals surface area contributed by atoms with E-state index in [0.29, 0.717) is 30.8 Å². The average Bonchev–Trinajstić information content (AvgIpc) is 2.77. The standard InChI is InChI=1S/C13H17N3O3/c1-2-19-13(18)10-5-8(3-4-11(10)14)16-9-6-12(17)15-7-9/h3-5,9,16H,2,6-7,14H2,1H3,(H,15,17). The van der Waals surface area contributed by atoms with Gasteiger partial charge in [-0.15, -0.1) is 0 Å². The summed E-state index contributed by atoms with van der Waals surface area (Å²) in [6.07, 6.45) is 0.430. The van der Waals surface area contributed by atoms with Crippen molar-refractivity contribution in [1.82, 2.24) is 5.32 Å². The number of nitrogen functional groups attached to an aromatic ring is 1. The van der Waals surface area contributed by atoms with E-state index in [1.165, 1.54) is 0 Å². The first-order chi connectivity index (χ1) is 9.10. The van der Waals surface area contributed by atoms with Crippen molar-refractivity contribution >= 4 is 23.3 Å². The third-order valence-corrected chi connectivity index (χ3v) is 2.90. The Hall–Kier alpha value is -2.24. The normalized spacial score (nSPS) is 17.9. The Morgan fingerprint density at radius 3 is 3.00 bits per heavy atom. The minimum Gasteiger partial charge on any atom is -0.462 e. The molecule has 1 unspecified atom stereocenters. The molecule has 102 valence electrons. The highest BCUT2D eigenvalue weighted by Crippen LogP contribution is 2.20. The monoisotopic (exact) mass is 263 g/mol. The Kier molecular flexibility index (Phi) is 3.89. The summed E-state index contributed by atoms with van der Waals surface area (Å²) in [6, 6.07) is 5.11. The van der Waals surface area contributed by atoms with E-state index in [0.717, 1.165) is 5.69 Å². The van der Waals surface area contributed by atoms with Gasteiger partial charge in [0, 0.05) is 24.3 Å². The van der Waals surface area contributed by atoms with Crippen molar-refractivity contribution in [1.29, 1.82) is 0 Å². The molecule has 6 nitrogen and oxygen atoms in total. The van der Waals surface area contributed by atoms with Crippen molar-refractivity contribution in [2.24, 2.45) is 0 Å². The number of hydrogen-bond acceptors (Lipinski definition) is 5. The van der Waals surface area contributed by atoms with E-state index in [4.69, 9.17) is 10.5 Å². The third kappa shape index (κ3) is 3.15. The summed E-state index contributed by atoms with van der Waals surface area (Å²) in [7, 11) is 0. The van der Waals surface area contributed by atoms with E-state index in [1.54, 1.807) is 25.1 Å². The molecule has 2 rings (SSSR count). The van der Waals surface area contributed by atoms with Gasteiger partial charge in [0.2, 0.25) is 5.91 Å². The van der Waals surface area contributed by atoms with E-state index in [2.05, 4.69) is 10.6 Å². The summed E-state index contributed by atoms with van der Waals surface area (Å²) in [6.45, 7) is 2.63. The van der Waals surface area contributed by atoms with Gasteiger partial charge < -0.3 is 21.1 Å². The largest absolute Gasteiger partial charge is 0.462 e. The smallest absolute Gasteiger partial charge is 0.340 e. The molecule has 1 amide bonds. The average molecular weight is 263 g/mol. The number of benzene rings is 1. The zero-order chi connectivity index (χ0) is 13.8. The highest BCUT2D eigenvalue weighted by atomic mass is 16.5. The Labute approximate surface area is 111 Å². The highest BCUT2D eigenvalue weighted by Gasteiger charge is 2.21. The van der Waals surface area contributed by atoms with Crippen LogP contribution in [0.1, 0.15) is 23.7 Å². The Morgan fingerprint density at radius 2 is 2.37 bits per heavy atom. The summed E-state index contributed by atoms with van der Waals surface area (Å²) in [5, 5.41) is 5.93. The predicted octanol–water partition coefficient (Wildman–Crippen LogP) is 0.746. The fraction of sp³-hybridized carbons (Fsp3) is 0.385. The lowest BCUT2D eigenvalue weighted by molar-refractivity contribution is -0.119. The lowest BCUT2D eigenvalue weighted by Gasteiger charge is -2.14. The van der Waals surface area contributed by atoms with Crippen LogP contribution in [0.15, 0.2) is 18.2 Å². The quantitative estimate of drug-likeness (QED) is 0.550. The molecule has 1 saturated heterocycles. The minimum atomic E-state index is -0.440. The van der Waals surface area contributed by atoms with Crippen molar-refractivity contribution in [2.45, 2.75) is 19.4 Å². The van der Waals surface area contributed by atoms with Crippen LogP contribution >= 0.6 is 0 Å². The van der Waals surface area contributed by atoms with Gasteiger partial charge in [-0.25, -0.2) is 4.79 Å². The zero-order valence-electron chi connectivity index (χ0n) is 10.7. The topological polar surface area (TPSA) is 93.5 Å². The van der Waals surface area contributed by atoms with E-state index in [1.807, 2.05) is 0 Å². The van der Waals surface area contributed by atoms with E-state index in [9.17, 15) is 9.59 Å². The van der Waals surface area contributed by atoms with Crippen LogP contribution in [0.2, 0.25) is 0 Å². The maximum atomic E-state index is 11.7. The van der Waals surface area contributed by atoms with Crippen LogP contribution in [0.25, 0.3) is 0 Å². The van der Waals surface area contributed by atoms with Crippen LogP contribution in [0.3, 0.4) is 0 Å². The number of carbonyl (C=O) groups excluding carboxylic acids is 2. The minimum absolute atomic E-state index is 0.0264. The molecule has 1 fully saturated rings. The van der Waals surface area contributed by atoms with Crippen LogP contribution in [0.5, 0.6) is 0 Å². The molecule has 0 saturated carbocycles. The number of esters is 1. The molecule has 1 aromatic carbocycles. The van der Waals surface area contributed by atoms with Crippen molar-refractivity contribution in [3.63, 3.8) is 0 Å². The predicted molar refractivity (Wildman–Crippen MR) is 71.8 cm³/mol. The van der Waals surface area contributed by atoms with Gasteiger partial charge in [-0.3, -0.25) is 4.79 Å². The van der Waals surface area contributed by atoms with Crippen LogP contribution < -0.4 is 16.4 Å². The van der Waals surface area contributed by atoms with Gasteiger partial charge in [0.15, 0.2) is 0 Å². The number of anilines is 2. The summed E-state index contributed by atoms with van der Waals surface area (Å²) in [5.74, 6) is -0.414. The van der Waals surface area contributed by atoms with Crippen LogP contribution in [0, 0.1) is 0 Å². The van der Waals surface area contributed by atoms with Crippen LogP contribution in [-0.2, 0) is 9.53 Å². The highest BCUT2D eigenvalue weighted by molar-refractivity contribution is 5.96. The summed E-state index contributed by atoms with van der Waals surface area (Å²) in [4.78, 5) is 22.8. The third-order valence-electron chi connectivity index (χ3n) is 2.90. The molecule has 6 heteroatoms. The number of hydrogen-bond donors (Lipinski definition) is 3. The second-order valence-corrected chi connectivity index (χ2v) is 4.37. The summed E-state index contributed by atoms with van der Waals surface area (Å²) in [5.41, 5.74) is 7.22. The number of rotatable bonds is 4. The lowest BCUT2D eigenvalue weighted by Crippen LogP contribution is -2.22. The van der Waals surface area contributed by atoms with Crippen LogP contribution in [0.4, 0.5) is 11.4 Å². The van der Waals surface area contributed by atoms with Crippen LogP contribution in [-0.4, -0.2) is 31.1 Å². The fourth-order valence-corrected chi connectivity index (χ4v) is 1.97. The summed E-state index contributed by atoms with van der Waals surface area (Å²) < 4.78 is 4.94. The van der Waals surface area contributed by atoms with Crippen molar-refractivity contribution < 1.29 is 14.3 Å². The van der Waals surface area contributed by atoms with Crippen molar-refractivity contribution in [3.8, 4) is 0 Å². The number of carbonyl (C=O) groups is 2. The summed E-state index contributed by atoms with van der Waals surface area (Å²) >= 11 is 0. The first-order valence-corrected chi connectivity index (χ1v) is 6.20. The molecular formula is C13H17N3O3. The molecule has 0 aromatic heterocycles. The molecule has 0 bridgehead atoms. The second-order valence-electron chi connectivity index (χ2n) is 4.37. The van der Waals surface area contributed by atoms with Gasteiger partial charge in [-0.05, 0) is 25.1 Å². The molecule has 4 N–H and O–H groups in total. The molecule has 0 radical (unpaired) electrons. The van der Waals surface area contributed by atoms with Gasteiger partial charge in [0.1, 0.15) is 0 Å². The van der Waals surface area contributed by atoms with Gasteiger partial charge in [-0.1, -0.05) is 0 Å². The fourth-order valence-electron chi connectivity index (χ4n) is 1.97.